The van der Waals surface area contributed by atoms with Gasteiger partial charge in [-0.05, 0) is 44.6 Å². The second-order valence-corrected chi connectivity index (χ2v) is 13.8. The van der Waals surface area contributed by atoms with Crippen LogP contribution < -0.4 is 5.32 Å². The molecule has 47 heavy (non-hydrogen) atoms. The predicted octanol–water partition coefficient (Wildman–Crippen LogP) is 3.99. The number of esters is 1. The molecule has 1 aromatic carbocycles. The first-order valence-electron chi connectivity index (χ1n) is 17.6. The first kappa shape index (κ1) is 33.4. The van der Waals surface area contributed by atoms with E-state index in [-0.39, 0.29) is 36.8 Å². The highest BCUT2D eigenvalue weighted by Gasteiger charge is 2.72. The van der Waals surface area contributed by atoms with Crippen molar-refractivity contribution in [3.05, 3.63) is 60.2 Å². The van der Waals surface area contributed by atoms with Crippen LogP contribution in [-0.4, -0.2) is 88.1 Å². The first-order chi connectivity index (χ1) is 22.9. The number of carbonyl (C=O) groups is 4. The van der Waals surface area contributed by atoms with Crippen LogP contribution in [0.15, 0.2) is 54.6 Å². The lowest BCUT2D eigenvalue weighted by molar-refractivity contribution is -0.161. The van der Waals surface area contributed by atoms with Gasteiger partial charge < -0.3 is 29.7 Å². The summed E-state index contributed by atoms with van der Waals surface area (Å²) < 4.78 is 13.1. The number of likely N-dealkylation sites (tertiary alicyclic amines) is 1. The lowest BCUT2D eigenvalue weighted by Crippen LogP contribution is -2.57. The summed E-state index contributed by atoms with van der Waals surface area (Å²) in [5, 5.41) is 12.2. The van der Waals surface area contributed by atoms with Crippen molar-refractivity contribution in [1.29, 1.82) is 0 Å². The summed E-state index contributed by atoms with van der Waals surface area (Å²) in [6, 6.07) is 8.01. The Morgan fingerprint density at radius 1 is 0.957 bits per heavy atom. The molecule has 6 rings (SSSR count). The van der Waals surface area contributed by atoms with Gasteiger partial charge in [-0.15, -0.1) is 0 Å². The molecule has 10 nitrogen and oxygen atoms in total. The molecule has 1 saturated carbocycles. The number of cyclic esters (lactones) is 1. The molecule has 2 saturated heterocycles. The molecule has 10 heteroatoms. The fraction of sp³-hybridized carbons (Fsp3) is 0.622. The van der Waals surface area contributed by atoms with Crippen molar-refractivity contribution < 1.29 is 33.8 Å². The van der Waals surface area contributed by atoms with Gasteiger partial charge in [0.05, 0.1) is 18.1 Å². The van der Waals surface area contributed by atoms with Crippen LogP contribution in [0, 0.1) is 11.8 Å². The third kappa shape index (κ3) is 6.64. The maximum absolute atomic E-state index is 14.7. The number of benzene rings is 1. The number of allylic oxidation sites excluding steroid dienone is 1. The number of ether oxygens (including phenoxy) is 2. The summed E-state index contributed by atoms with van der Waals surface area (Å²) >= 11 is 0. The molecular weight excluding hydrogens is 598 g/mol. The van der Waals surface area contributed by atoms with E-state index in [1.54, 1.807) is 11.0 Å². The number of aliphatic hydroxyl groups is 1. The van der Waals surface area contributed by atoms with Gasteiger partial charge in [0.15, 0.2) is 0 Å². The minimum atomic E-state index is -1.33. The zero-order valence-corrected chi connectivity index (χ0v) is 27.4. The maximum atomic E-state index is 14.7. The lowest BCUT2D eigenvalue weighted by atomic mass is 9.77. The summed E-state index contributed by atoms with van der Waals surface area (Å²) in [7, 11) is 0. The molecule has 0 unspecified atom stereocenters. The van der Waals surface area contributed by atoms with Gasteiger partial charge in [-0.3, -0.25) is 19.2 Å². The van der Waals surface area contributed by atoms with Crippen LogP contribution in [0.4, 0.5) is 0 Å². The molecule has 4 aliphatic heterocycles. The van der Waals surface area contributed by atoms with Crippen molar-refractivity contribution >= 4 is 23.7 Å². The number of amides is 3. The van der Waals surface area contributed by atoms with Gasteiger partial charge >= 0.3 is 5.97 Å². The number of rotatable bonds is 8. The van der Waals surface area contributed by atoms with Crippen molar-refractivity contribution in [2.45, 2.75) is 113 Å². The van der Waals surface area contributed by atoms with Crippen molar-refractivity contribution in [2.24, 2.45) is 11.8 Å². The Labute approximate surface area is 277 Å². The number of nitrogens with one attached hydrogen (secondary N) is 1. The number of hydrogen-bond donors (Lipinski definition) is 2. The van der Waals surface area contributed by atoms with Gasteiger partial charge in [0.2, 0.25) is 17.7 Å². The number of unbranched alkanes of at least 4 members (excludes halogenated alkanes) is 3. The third-order valence-corrected chi connectivity index (χ3v) is 10.7. The molecule has 3 amide bonds. The van der Waals surface area contributed by atoms with Crippen molar-refractivity contribution in [1.82, 2.24) is 15.1 Å². The number of hydrogen-bond acceptors (Lipinski definition) is 7. The fourth-order valence-electron chi connectivity index (χ4n) is 8.43. The number of nitrogens with zero attached hydrogens (tertiary/aromatic N) is 2. The second kappa shape index (κ2) is 14.7. The third-order valence-electron chi connectivity index (χ3n) is 10.7. The van der Waals surface area contributed by atoms with Crippen LogP contribution in [0.3, 0.4) is 0 Å². The van der Waals surface area contributed by atoms with Gasteiger partial charge in [-0.2, -0.15) is 0 Å². The highest BCUT2D eigenvalue weighted by molar-refractivity contribution is 5.99. The van der Waals surface area contributed by atoms with Crippen LogP contribution >= 0.6 is 0 Å². The van der Waals surface area contributed by atoms with E-state index in [0.29, 0.717) is 32.4 Å². The highest BCUT2D eigenvalue weighted by atomic mass is 16.6. The Morgan fingerprint density at radius 3 is 2.49 bits per heavy atom. The Morgan fingerprint density at radius 2 is 1.72 bits per heavy atom. The topological polar surface area (TPSA) is 125 Å². The summed E-state index contributed by atoms with van der Waals surface area (Å²) in [5.74, 6) is -3.03. The molecule has 5 aliphatic rings. The Hall–Kier alpha value is -3.50. The molecule has 4 heterocycles. The summed E-state index contributed by atoms with van der Waals surface area (Å²) in [4.78, 5) is 60.2. The molecule has 3 fully saturated rings. The normalized spacial score (nSPS) is 34.0. The zero-order valence-electron chi connectivity index (χ0n) is 27.4. The van der Waals surface area contributed by atoms with Crippen LogP contribution in [0.2, 0.25) is 0 Å². The van der Waals surface area contributed by atoms with Crippen LogP contribution in [0.25, 0.3) is 0 Å². The van der Waals surface area contributed by atoms with E-state index in [1.165, 1.54) is 0 Å². The van der Waals surface area contributed by atoms with E-state index >= 15 is 0 Å². The Kier molecular flexibility index (Phi) is 10.5. The molecule has 1 spiro atoms. The molecule has 0 bridgehead atoms. The van der Waals surface area contributed by atoms with E-state index in [1.807, 2.05) is 60.4 Å². The van der Waals surface area contributed by atoms with Gasteiger partial charge in [-0.1, -0.05) is 86.7 Å². The maximum Gasteiger partial charge on any atom is 0.313 e. The Bertz CT molecular complexity index is 1360. The minimum absolute atomic E-state index is 0.106. The molecule has 254 valence electrons. The molecule has 1 aliphatic carbocycles. The van der Waals surface area contributed by atoms with Crippen LogP contribution in [-0.2, 0) is 28.7 Å². The van der Waals surface area contributed by atoms with E-state index in [2.05, 4.69) is 5.32 Å². The molecular formula is C37H49N3O7. The van der Waals surface area contributed by atoms with Crippen molar-refractivity contribution in [2.75, 3.05) is 19.7 Å². The molecule has 0 aromatic heterocycles. The number of fused-ring (bicyclic) bond motifs is 2. The fourth-order valence-corrected chi connectivity index (χ4v) is 8.43. The zero-order chi connectivity index (χ0) is 33.0. The summed E-state index contributed by atoms with van der Waals surface area (Å²) in [6.07, 6.45) is 14.7. The largest absolute Gasteiger partial charge is 0.455 e. The van der Waals surface area contributed by atoms with Gasteiger partial charge in [-0.25, -0.2) is 0 Å². The average molecular weight is 648 g/mol. The van der Waals surface area contributed by atoms with Crippen LogP contribution in [0.1, 0.15) is 89.2 Å². The van der Waals surface area contributed by atoms with Gasteiger partial charge in [0.25, 0.3) is 0 Å². The minimum Gasteiger partial charge on any atom is -0.455 e. The SMILES string of the molecule is C[C@@H]1NC(=O)CC/C=C\[C@@H]2O[C@@]34C=CCN(C5CCCCC5)C(=O)[C@@H]3N(CCCCCCO)C(=O)[C@H]4[C@@H]2C(=O)O[C@H]1c1ccccc1. The van der Waals surface area contributed by atoms with Crippen molar-refractivity contribution in [3.63, 3.8) is 0 Å². The van der Waals surface area contributed by atoms with Gasteiger partial charge in [0, 0.05) is 32.2 Å². The van der Waals surface area contributed by atoms with E-state index in [9.17, 15) is 24.3 Å². The van der Waals surface area contributed by atoms with Gasteiger partial charge in [0.1, 0.15) is 23.7 Å². The predicted molar refractivity (Wildman–Crippen MR) is 175 cm³/mol. The average Bonchev–Trinajstić information content (AvgIpc) is 3.46. The van der Waals surface area contributed by atoms with Crippen molar-refractivity contribution in [3.8, 4) is 0 Å². The molecule has 7 atom stereocenters. The quantitative estimate of drug-likeness (QED) is 0.248. The highest BCUT2D eigenvalue weighted by Crippen LogP contribution is 2.53. The van der Waals surface area contributed by atoms with E-state index < -0.39 is 47.7 Å². The second-order valence-electron chi connectivity index (χ2n) is 13.8. The van der Waals surface area contributed by atoms with E-state index in [4.69, 9.17) is 9.47 Å². The Balaban J connectivity index is 1.38. The summed E-state index contributed by atoms with van der Waals surface area (Å²) in [5.41, 5.74) is -0.594. The smallest absolute Gasteiger partial charge is 0.313 e. The number of aliphatic hydroxyl groups excluding tert-OH is 1. The standard InChI is InChI=1S/C37H49N3O7/c1-25-32(26-15-6-4-7-16-26)46-36(45)30-28(19-10-11-20-29(42)38-25)47-37-21-14-23-39(27-17-8-5-9-18-27)35(44)33(37)40(34(43)31(30)37)22-12-2-3-13-24-41/h4,6-7,10,14-16,19,21,25,27-28,30-33,41H,2-3,5,8-9,11-13,17-18,20,22-24H2,1H3,(H,38,42)/b19-10-/t25-,28-,30+,31+,32+,33-,37+/m0/s1. The monoisotopic (exact) mass is 647 g/mol. The molecule has 0 radical (unpaired) electrons. The molecule has 2 N–H and O–H groups in total. The van der Waals surface area contributed by atoms with E-state index in [0.717, 1.165) is 50.5 Å². The summed E-state index contributed by atoms with van der Waals surface area (Å²) in [6.45, 7) is 2.74. The van der Waals surface area contributed by atoms with Crippen LogP contribution in [0.5, 0.6) is 0 Å². The lowest BCUT2D eigenvalue weighted by Gasteiger charge is -2.39. The number of carbonyl (C=O) groups excluding carboxylic acids is 4. The molecule has 1 aromatic rings. The first-order valence-corrected chi connectivity index (χ1v) is 17.6.